The maximum absolute atomic E-state index is 12.2. The van der Waals surface area contributed by atoms with E-state index in [9.17, 15) is 4.79 Å². The lowest BCUT2D eigenvalue weighted by atomic mass is 9.89. The number of anilines is 1. The molecule has 0 saturated carbocycles. The third-order valence-electron chi connectivity index (χ3n) is 2.30. The van der Waals surface area contributed by atoms with Crippen molar-refractivity contribution in [1.82, 2.24) is 9.78 Å². The molecule has 1 heterocycles. The van der Waals surface area contributed by atoms with Crippen molar-refractivity contribution in [1.29, 1.82) is 0 Å². The van der Waals surface area contributed by atoms with Crippen LogP contribution < -0.4 is 5.32 Å². The zero-order valence-electron chi connectivity index (χ0n) is 11.9. The fourth-order valence-corrected chi connectivity index (χ4v) is 1.51. The number of aromatic nitrogens is 2. The molecular formula is C13H23N3O. The van der Waals surface area contributed by atoms with E-state index in [1.807, 2.05) is 26.8 Å². The van der Waals surface area contributed by atoms with Crippen LogP contribution in [0.5, 0.6) is 0 Å². The number of Topliss-reactive ketones (excluding diaryl/α,β-unsaturated/α-hetero) is 1. The first-order valence-electron chi connectivity index (χ1n) is 5.88. The molecule has 17 heavy (non-hydrogen) atoms. The summed E-state index contributed by atoms with van der Waals surface area (Å²) in [7, 11) is 1.80. The van der Waals surface area contributed by atoms with E-state index in [1.54, 1.807) is 11.7 Å². The van der Waals surface area contributed by atoms with Crippen molar-refractivity contribution in [2.75, 3.05) is 5.32 Å². The molecule has 0 aliphatic carbocycles. The normalized spacial score (nSPS) is 12.6. The minimum Gasteiger partial charge on any atom is -0.364 e. The molecule has 0 atom stereocenters. The lowest BCUT2D eigenvalue weighted by Gasteiger charge is -2.19. The van der Waals surface area contributed by atoms with Crippen molar-refractivity contribution in [2.45, 2.75) is 47.1 Å². The molecule has 1 N–H and O–H groups in total. The van der Waals surface area contributed by atoms with E-state index in [0.717, 1.165) is 5.82 Å². The molecule has 0 aliphatic rings. The van der Waals surface area contributed by atoms with Crippen molar-refractivity contribution >= 4 is 11.6 Å². The third-order valence-corrected chi connectivity index (χ3v) is 2.30. The Hall–Kier alpha value is -1.32. The molecule has 0 unspecified atom stereocenters. The van der Waals surface area contributed by atoms with Crippen molar-refractivity contribution < 1.29 is 4.79 Å². The SMILES string of the molecule is Cn1nc(NC(C)(C)C)cc1C(=O)C(C)(C)C. The molecule has 4 nitrogen and oxygen atoms in total. The zero-order valence-corrected chi connectivity index (χ0v) is 11.9. The zero-order chi connectivity index (χ0) is 13.4. The van der Waals surface area contributed by atoms with E-state index < -0.39 is 0 Å². The van der Waals surface area contributed by atoms with Crippen molar-refractivity contribution in [3.8, 4) is 0 Å². The molecule has 1 rings (SSSR count). The van der Waals surface area contributed by atoms with Crippen LogP contribution in [0.25, 0.3) is 0 Å². The average molecular weight is 237 g/mol. The maximum atomic E-state index is 12.2. The molecule has 0 bridgehead atoms. The lowest BCUT2D eigenvalue weighted by molar-refractivity contribution is 0.0848. The quantitative estimate of drug-likeness (QED) is 0.804. The standard InChI is InChI=1S/C13H23N3O/c1-12(2,3)11(17)9-8-10(15-16(9)7)14-13(4,5)6/h8H,1-7H3,(H,14,15). The van der Waals surface area contributed by atoms with E-state index in [2.05, 4.69) is 31.2 Å². The number of aryl methyl sites for hydroxylation is 1. The van der Waals surface area contributed by atoms with Crippen molar-refractivity contribution in [3.05, 3.63) is 11.8 Å². The Labute approximate surface area is 103 Å². The molecule has 96 valence electrons. The predicted molar refractivity (Wildman–Crippen MR) is 70.4 cm³/mol. The highest BCUT2D eigenvalue weighted by atomic mass is 16.1. The Bertz CT molecular complexity index is 419. The second-order valence-corrected chi connectivity index (χ2v) is 6.49. The lowest BCUT2D eigenvalue weighted by Crippen LogP contribution is -2.26. The second kappa shape index (κ2) is 4.17. The van der Waals surface area contributed by atoms with E-state index in [1.165, 1.54) is 0 Å². The summed E-state index contributed by atoms with van der Waals surface area (Å²) >= 11 is 0. The molecule has 0 radical (unpaired) electrons. The topological polar surface area (TPSA) is 46.9 Å². The average Bonchev–Trinajstić information content (AvgIpc) is 2.40. The summed E-state index contributed by atoms with van der Waals surface area (Å²) in [6, 6.07) is 1.82. The number of rotatable bonds is 2. The Morgan fingerprint density at radius 1 is 1.24 bits per heavy atom. The molecule has 0 fully saturated rings. The van der Waals surface area contributed by atoms with Gasteiger partial charge in [-0.3, -0.25) is 9.48 Å². The molecular weight excluding hydrogens is 214 g/mol. The van der Waals surface area contributed by atoms with Gasteiger partial charge in [-0.1, -0.05) is 20.8 Å². The van der Waals surface area contributed by atoms with Gasteiger partial charge in [-0.15, -0.1) is 0 Å². The predicted octanol–water partition coefficient (Wildman–Crippen LogP) is 2.86. The van der Waals surface area contributed by atoms with E-state index in [0.29, 0.717) is 5.69 Å². The summed E-state index contributed by atoms with van der Waals surface area (Å²) in [5, 5.41) is 7.58. The van der Waals surface area contributed by atoms with Gasteiger partial charge < -0.3 is 5.32 Å². The van der Waals surface area contributed by atoms with E-state index in [4.69, 9.17) is 0 Å². The summed E-state index contributed by atoms with van der Waals surface area (Å²) in [5.74, 6) is 0.849. The van der Waals surface area contributed by atoms with Gasteiger partial charge in [-0.2, -0.15) is 5.10 Å². The number of hydrogen-bond donors (Lipinski definition) is 1. The molecule has 4 heteroatoms. The van der Waals surface area contributed by atoms with Gasteiger partial charge >= 0.3 is 0 Å². The summed E-state index contributed by atoms with van der Waals surface area (Å²) in [4.78, 5) is 12.2. The van der Waals surface area contributed by atoms with Gasteiger partial charge in [0.25, 0.3) is 0 Å². The monoisotopic (exact) mass is 237 g/mol. The Morgan fingerprint density at radius 2 is 1.76 bits per heavy atom. The fourth-order valence-electron chi connectivity index (χ4n) is 1.51. The smallest absolute Gasteiger partial charge is 0.186 e. The molecule has 0 spiro atoms. The van der Waals surface area contributed by atoms with Gasteiger partial charge in [0, 0.05) is 24.1 Å². The van der Waals surface area contributed by atoms with Crippen LogP contribution in [0.2, 0.25) is 0 Å². The van der Waals surface area contributed by atoms with Crippen LogP contribution in [-0.4, -0.2) is 21.1 Å². The van der Waals surface area contributed by atoms with Crippen LogP contribution in [0.3, 0.4) is 0 Å². The Morgan fingerprint density at radius 3 is 2.18 bits per heavy atom. The molecule has 0 aliphatic heterocycles. The number of ketones is 1. The summed E-state index contributed by atoms with van der Waals surface area (Å²) in [6.07, 6.45) is 0. The van der Waals surface area contributed by atoms with Gasteiger partial charge in [0.2, 0.25) is 0 Å². The largest absolute Gasteiger partial charge is 0.364 e. The summed E-state index contributed by atoms with van der Waals surface area (Å²) < 4.78 is 1.64. The molecule has 0 saturated heterocycles. The highest BCUT2D eigenvalue weighted by molar-refractivity contribution is 5.99. The van der Waals surface area contributed by atoms with Crippen molar-refractivity contribution in [2.24, 2.45) is 12.5 Å². The number of hydrogen-bond acceptors (Lipinski definition) is 3. The van der Waals surface area contributed by atoms with Crippen LogP contribution in [0.4, 0.5) is 5.82 Å². The van der Waals surface area contributed by atoms with Crippen LogP contribution in [-0.2, 0) is 7.05 Å². The van der Waals surface area contributed by atoms with Crippen LogP contribution in [0, 0.1) is 5.41 Å². The number of carbonyl (C=O) groups excluding carboxylic acids is 1. The summed E-state index contributed by atoms with van der Waals surface area (Å²) in [5.41, 5.74) is 0.202. The first-order chi connectivity index (χ1) is 7.50. The Balaban J connectivity index is 3.01. The van der Waals surface area contributed by atoms with Gasteiger partial charge in [0.05, 0.1) is 0 Å². The van der Waals surface area contributed by atoms with Gasteiger partial charge in [-0.05, 0) is 20.8 Å². The van der Waals surface area contributed by atoms with Gasteiger partial charge in [-0.25, -0.2) is 0 Å². The van der Waals surface area contributed by atoms with Crippen LogP contribution >= 0.6 is 0 Å². The van der Waals surface area contributed by atoms with Crippen LogP contribution in [0.1, 0.15) is 52.0 Å². The number of carbonyl (C=O) groups is 1. The van der Waals surface area contributed by atoms with Gasteiger partial charge in [0.1, 0.15) is 11.5 Å². The first-order valence-corrected chi connectivity index (χ1v) is 5.88. The maximum Gasteiger partial charge on any atom is 0.186 e. The Kier molecular flexibility index (Phi) is 3.37. The fraction of sp³-hybridized carbons (Fsp3) is 0.692. The molecule has 1 aromatic heterocycles. The molecule has 0 aromatic carbocycles. The summed E-state index contributed by atoms with van der Waals surface area (Å²) in [6.45, 7) is 11.9. The second-order valence-electron chi connectivity index (χ2n) is 6.49. The highest BCUT2D eigenvalue weighted by Gasteiger charge is 2.26. The highest BCUT2D eigenvalue weighted by Crippen LogP contribution is 2.23. The molecule has 1 aromatic rings. The van der Waals surface area contributed by atoms with Gasteiger partial charge in [0.15, 0.2) is 5.78 Å². The number of nitrogens with one attached hydrogen (secondary N) is 1. The number of nitrogens with zero attached hydrogens (tertiary/aromatic N) is 2. The van der Waals surface area contributed by atoms with E-state index in [-0.39, 0.29) is 16.7 Å². The first kappa shape index (κ1) is 13.7. The van der Waals surface area contributed by atoms with E-state index >= 15 is 0 Å². The molecule has 0 amide bonds. The third kappa shape index (κ3) is 3.58. The van der Waals surface area contributed by atoms with Crippen molar-refractivity contribution in [3.63, 3.8) is 0 Å². The minimum atomic E-state index is -0.382. The minimum absolute atomic E-state index is 0.0591. The van der Waals surface area contributed by atoms with Crippen LogP contribution in [0.15, 0.2) is 6.07 Å².